The van der Waals surface area contributed by atoms with Gasteiger partial charge in [0.05, 0.1) is 18.7 Å². The molecule has 10 heteroatoms. The van der Waals surface area contributed by atoms with Gasteiger partial charge in [0.15, 0.2) is 10.9 Å². The van der Waals surface area contributed by atoms with E-state index in [4.69, 9.17) is 18.1 Å². The van der Waals surface area contributed by atoms with Crippen molar-refractivity contribution >= 4 is 51.0 Å². The minimum atomic E-state index is -0.288. The number of hydrogen-bond donors (Lipinski definition) is 4. The van der Waals surface area contributed by atoms with E-state index in [1.807, 2.05) is 19.1 Å². The van der Waals surface area contributed by atoms with Crippen LogP contribution >= 0.6 is 23.6 Å². The van der Waals surface area contributed by atoms with Crippen LogP contribution in [0.25, 0.3) is 0 Å². The quantitative estimate of drug-likeness (QED) is 0.180. The number of hydrazine groups is 1. The Hall–Kier alpha value is -3.18. The maximum Gasteiger partial charge on any atom is 0.221 e. The number of amides is 1. The van der Waals surface area contributed by atoms with Gasteiger partial charge >= 0.3 is 0 Å². The zero-order valence-corrected chi connectivity index (χ0v) is 19.2. The first kappa shape index (κ1) is 23.5. The van der Waals surface area contributed by atoms with Crippen molar-refractivity contribution in [2.24, 2.45) is 5.84 Å². The summed E-state index contributed by atoms with van der Waals surface area (Å²) in [5.74, 6) is 5.64. The van der Waals surface area contributed by atoms with Crippen LogP contribution in [0.1, 0.15) is 38.8 Å². The Bertz CT molecular complexity index is 1130. The Morgan fingerprint density at radius 2 is 1.94 bits per heavy atom. The first-order valence-corrected chi connectivity index (χ1v) is 10.9. The number of nitrogens with two attached hydrogens (primary N) is 1. The molecular formula is C22H23N5O3S2. The number of thiocarbonyl (C=S) groups is 1. The maximum absolute atomic E-state index is 13.3. The van der Waals surface area contributed by atoms with Crippen molar-refractivity contribution in [3.63, 3.8) is 0 Å². The number of nitrogens with one attached hydrogen (secondary N) is 2. The predicted octanol–water partition coefficient (Wildman–Crippen LogP) is 3.21. The van der Waals surface area contributed by atoms with Crippen LogP contribution in [-0.2, 0) is 17.9 Å². The van der Waals surface area contributed by atoms with Gasteiger partial charge in [0, 0.05) is 41.0 Å². The Morgan fingerprint density at radius 3 is 2.53 bits per heavy atom. The highest BCUT2D eigenvalue weighted by Crippen LogP contribution is 2.35. The molecule has 0 unspecified atom stereocenters. The fourth-order valence-electron chi connectivity index (χ4n) is 3.08. The zero-order chi connectivity index (χ0) is 23.3. The molecule has 5 N–H and O–H groups in total. The van der Waals surface area contributed by atoms with Crippen LogP contribution in [0.2, 0.25) is 0 Å². The number of carbonyl (C=O) groups is 2. The largest absolute Gasteiger partial charge is 0.392 e. The Kier molecular flexibility index (Phi) is 7.65. The van der Waals surface area contributed by atoms with E-state index in [0.29, 0.717) is 33.9 Å². The molecule has 0 saturated carbocycles. The maximum atomic E-state index is 13.3. The minimum Gasteiger partial charge on any atom is -0.392 e. The second kappa shape index (κ2) is 10.4. The lowest BCUT2D eigenvalue weighted by Crippen LogP contribution is -2.39. The summed E-state index contributed by atoms with van der Waals surface area (Å²) in [6.07, 6.45) is 3.37. The van der Waals surface area contributed by atoms with Crippen molar-refractivity contribution in [2.75, 3.05) is 10.6 Å². The van der Waals surface area contributed by atoms with E-state index in [1.165, 1.54) is 23.3 Å². The zero-order valence-electron chi connectivity index (χ0n) is 17.6. The first-order valence-electron chi connectivity index (χ1n) is 9.67. The molecular weight excluding hydrogens is 446 g/mol. The third-order valence-electron chi connectivity index (χ3n) is 4.62. The number of ketones is 1. The smallest absolute Gasteiger partial charge is 0.221 e. The third kappa shape index (κ3) is 5.54. The molecule has 8 nitrogen and oxygen atoms in total. The van der Waals surface area contributed by atoms with Gasteiger partial charge in [-0.1, -0.05) is 6.07 Å². The molecule has 0 aliphatic carbocycles. The van der Waals surface area contributed by atoms with E-state index >= 15 is 0 Å². The van der Waals surface area contributed by atoms with Crippen LogP contribution in [0.5, 0.6) is 0 Å². The van der Waals surface area contributed by atoms with Gasteiger partial charge in [-0.3, -0.25) is 19.6 Å². The fraction of sp³-hybridized carbons (Fsp3) is 0.182. The number of thiophene rings is 1. The molecule has 0 saturated heterocycles. The summed E-state index contributed by atoms with van der Waals surface area (Å²) in [4.78, 5) is 29.4. The molecule has 0 bridgehead atoms. The number of nitrogens with zero attached hydrogens (tertiary/aromatic N) is 2. The van der Waals surface area contributed by atoms with Crippen molar-refractivity contribution in [1.29, 1.82) is 0 Å². The topological polar surface area (TPSA) is 121 Å². The monoisotopic (exact) mass is 469 g/mol. The average Bonchev–Trinajstić information content (AvgIpc) is 3.08. The van der Waals surface area contributed by atoms with Crippen molar-refractivity contribution in [2.45, 2.75) is 27.0 Å². The highest BCUT2D eigenvalue weighted by Gasteiger charge is 2.24. The van der Waals surface area contributed by atoms with Gasteiger partial charge in [0.1, 0.15) is 5.00 Å². The summed E-state index contributed by atoms with van der Waals surface area (Å²) in [6.45, 7) is 3.29. The van der Waals surface area contributed by atoms with Crippen molar-refractivity contribution in [3.05, 3.63) is 75.9 Å². The van der Waals surface area contributed by atoms with Gasteiger partial charge < -0.3 is 15.7 Å². The number of pyridine rings is 1. The fourth-order valence-corrected chi connectivity index (χ4v) is 4.37. The van der Waals surface area contributed by atoms with E-state index in [-0.39, 0.29) is 23.4 Å². The van der Waals surface area contributed by atoms with Crippen molar-refractivity contribution in [3.8, 4) is 0 Å². The van der Waals surface area contributed by atoms with Crippen LogP contribution in [-0.4, -0.2) is 31.9 Å². The molecule has 166 valence electrons. The summed E-state index contributed by atoms with van der Waals surface area (Å²) in [5.41, 5.74) is 2.77. The van der Waals surface area contributed by atoms with Gasteiger partial charge in [-0.25, -0.2) is 5.84 Å². The third-order valence-corrected chi connectivity index (χ3v) is 6.02. The molecule has 32 heavy (non-hydrogen) atoms. The molecule has 2 heterocycles. The number of hydrogen-bond acceptors (Lipinski definition) is 7. The number of benzene rings is 1. The van der Waals surface area contributed by atoms with Gasteiger partial charge in [-0.2, -0.15) is 0 Å². The SMILES string of the molecule is CC(=O)Nc1ccc(C(=O)c2c(NC(=S)N(N)Cc3cccnc3)sc(C)c2CO)cc1. The first-order chi connectivity index (χ1) is 15.3. The number of aryl methyl sites for hydroxylation is 1. The minimum absolute atomic E-state index is 0.197. The number of anilines is 2. The van der Waals surface area contributed by atoms with E-state index in [9.17, 15) is 14.7 Å². The van der Waals surface area contributed by atoms with E-state index in [0.717, 1.165) is 10.4 Å². The molecule has 3 aromatic rings. The van der Waals surface area contributed by atoms with Crippen molar-refractivity contribution < 1.29 is 14.7 Å². The van der Waals surface area contributed by atoms with Gasteiger partial charge in [0.2, 0.25) is 5.91 Å². The van der Waals surface area contributed by atoms with Gasteiger partial charge in [-0.15, -0.1) is 11.3 Å². The molecule has 0 spiro atoms. The molecule has 0 fully saturated rings. The number of aromatic nitrogens is 1. The highest BCUT2D eigenvalue weighted by atomic mass is 32.1. The average molecular weight is 470 g/mol. The number of rotatable bonds is 7. The van der Waals surface area contributed by atoms with Crippen LogP contribution in [0.15, 0.2) is 48.8 Å². The molecule has 2 aromatic heterocycles. The van der Waals surface area contributed by atoms with Gasteiger partial charge in [-0.05, 0) is 55.0 Å². The van der Waals surface area contributed by atoms with Crippen LogP contribution in [0, 0.1) is 6.92 Å². The lowest BCUT2D eigenvalue weighted by molar-refractivity contribution is -0.114. The summed E-state index contributed by atoms with van der Waals surface area (Å²) < 4.78 is 0. The highest BCUT2D eigenvalue weighted by molar-refractivity contribution is 7.80. The van der Waals surface area contributed by atoms with Crippen molar-refractivity contribution in [1.82, 2.24) is 9.99 Å². The number of carbonyl (C=O) groups excluding carboxylic acids is 2. The molecule has 3 rings (SSSR count). The van der Waals surface area contributed by atoms with E-state index < -0.39 is 0 Å². The second-order valence-electron chi connectivity index (χ2n) is 7.01. The molecule has 0 aliphatic rings. The molecule has 1 aromatic carbocycles. The summed E-state index contributed by atoms with van der Waals surface area (Å²) >= 11 is 6.75. The lowest BCUT2D eigenvalue weighted by Gasteiger charge is -2.20. The summed E-state index contributed by atoms with van der Waals surface area (Å²) in [5, 5.41) is 17.7. The second-order valence-corrected chi connectivity index (χ2v) is 8.62. The number of aliphatic hydroxyl groups is 1. The number of aliphatic hydroxyl groups excluding tert-OH is 1. The molecule has 0 aliphatic heterocycles. The standard InChI is InChI=1S/C22H23N5O3S2/c1-13-18(12-28)19(20(30)16-5-7-17(8-6-16)25-14(2)29)21(32-13)26-22(31)27(23)11-15-4-3-9-24-10-15/h3-10,28H,11-12,23H2,1-2H3,(H,25,29)(H,26,31). The predicted molar refractivity (Wildman–Crippen MR) is 129 cm³/mol. The summed E-state index contributed by atoms with van der Waals surface area (Å²) in [6, 6.07) is 10.3. The molecule has 0 atom stereocenters. The molecule has 0 radical (unpaired) electrons. The lowest BCUT2D eigenvalue weighted by atomic mass is 10.0. The summed E-state index contributed by atoms with van der Waals surface area (Å²) in [7, 11) is 0. The normalized spacial score (nSPS) is 10.5. The Morgan fingerprint density at radius 1 is 1.22 bits per heavy atom. The Labute approximate surface area is 195 Å². The van der Waals surface area contributed by atoms with E-state index in [1.54, 1.807) is 36.7 Å². The molecule has 1 amide bonds. The Balaban J connectivity index is 1.84. The van der Waals surface area contributed by atoms with Crippen LogP contribution < -0.4 is 16.5 Å². The van der Waals surface area contributed by atoms with Gasteiger partial charge in [0.25, 0.3) is 0 Å². The van der Waals surface area contributed by atoms with Crippen LogP contribution in [0.3, 0.4) is 0 Å². The van der Waals surface area contributed by atoms with E-state index in [2.05, 4.69) is 15.6 Å². The van der Waals surface area contributed by atoms with Crippen LogP contribution in [0.4, 0.5) is 10.7 Å².